The zero-order chi connectivity index (χ0) is 11.5. The number of hydrogen-bond acceptors (Lipinski definition) is 5. The normalized spacial score (nSPS) is 10.4. The van der Waals surface area contributed by atoms with Crippen molar-refractivity contribution in [3.8, 4) is 5.75 Å². The van der Waals surface area contributed by atoms with Gasteiger partial charge in [0.25, 0.3) is 0 Å². The van der Waals surface area contributed by atoms with E-state index in [1.165, 1.54) is 11.5 Å². The van der Waals surface area contributed by atoms with Crippen molar-refractivity contribution in [2.45, 2.75) is 13.5 Å². The molecule has 0 saturated carbocycles. The van der Waals surface area contributed by atoms with Gasteiger partial charge in [0.05, 0.1) is 0 Å². The number of nitrogens with zero attached hydrogens (tertiary/aromatic N) is 2. The Hall–Kier alpha value is -1.14. The summed E-state index contributed by atoms with van der Waals surface area (Å²) in [5.74, 6) is 0.829. The number of benzene rings is 1. The highest BCUT2D eigenvalue weighted by Gasteiger charge is 2.06. The van der Waals surface area contributed by atoms with Gasteiger partial charge in [-0.25, -0.2) is 0 Å². The maximum Gasteiger partial charge on any atom is 0.136 e. The third-order valence-electron chi connectivity index (χ3n) is 2.09. The number of hydrogen-bond donors (Lipinski definition) is 1. The lowest BCUT2D eigenvalue weighted by atomic mass is 10.2. The van der Waals surface area contributed by atoms with E-state index in [4.69, 9.17) is 10.5 Å². The van der Waals surface area contributed by atoms with Crippen LogP contribution in [0.3, 0.4) is 0 Å². The van der Waals surface area contributed by atoms with Gasteiger partial charge in [0, 0.05) is 16.0 Å². The number of rotatable bonds is 3. The van der Waals surface area contributed by atoms with Gasteiger partial charge in [-0.1, -0.05) is 20.4 Å². The van der Waals surface area contributed by atoms with Crippen LogP contribution in [-0.4, -0.2) is 9.59 Å². The topological polar surface area (TPSA) is 61.0 Å². The molecule has 2 rings (SSSR count). The van der Waals surface area contributed by atoms with E-state index in [1.807, 2.05) is 25.1 Å². The van der Waals surface area contributed by atoms with Crippen LogP contribution in [0.25, 0.3) is 0 Å². The number of aryl methyl sites for hydroxylation is 1. The van der Waals surface area contributed by atoms with E-state index >= 15 is 0 Å². The first-order chi connectivity index (χ1) is 7.66. The number of nitrogen functional groups attached to an aromatic ring is 1. The van der Waals surface area contributed by atoms with Gasteiger partial charge in [-0.05, 0) is 30.7 Å². The maximum absolute atomic E-state index is 5.67. The molecule has 0 saturated heterocycles. The summed E-state index contributed by atoms with van der Waals surface area (Å²) in [5.41, 5.74) is 7.43. The van der Waals surface area contributed by atoms with Crippen LogP contribution in [-0.2, 0) is 6.61 Å². The second-order valence-corrected chi connectivity index (χ2v) is 4.98. The molecule has 0 aliphatic rings. The Bertz CT molecular complexity index is 501. The summed E-state index contributed by atoms with van der Waals surface area (Å²) in [6, 6.07) is 5.85. The predicted octanol–water partition coefficient (Wildman–Crippen LogP) is 2.77. The fraction of sp³-hybridized carbons (Fsp3) is 0.200. The molecule has 1 aromatic heterocycles. The summed E-state index contributed by atoms with van der Waals surface area (Å²) < 4.78 is 10.4. The largest absolute Gasteiger partial charge is 0.487 e. The summed E-state index contributed by atoms with van der Waals surface area (Å²) in [4.78, 5) is 0. The molecule has 16 heavy (non-hydrogen) atoms. The molecule has 4 nitrogen and oxygen atoms in total. The van der Waals surface area contributed by atoms with E-state index in [9.17, 15) is 0 Å². The molecule has 1 heterocycles. The summed E-state index contributed by atoms with van der Waals surface area (Å²) in [7, 11) is 0. The quantitative estimate of drug-likeness (QED) is 0.947. The van der Waals surface area contributed by atoms with E-state index in [0.29, 0.717) is 17.3 Å². The fourth-order valence-electron chi connectivity index (χ4n) is 1.24. The van der Waals surface area contributed by atoms with Gasteiger partial charge in [0.15, 0.2) is 0 Å². The average molecular weight is 300 g/mol. The minimum atomic E-state index is 0.352. The fourth-order valence-corrected chi connectivity index (χ4v) is 2.14. The number of ether oxygens (including phenoxy) is 1. The molecular weight excluding hydrogens is 290 g/mol. The predicted molar refractivity (Wildman–Crippen MR) is 67.5 cm³/mol. The summed E-state index contributed by atoms with van der Waals surface area (Å²) >= 11 is 4.58. The van der Waals surface area contributed by atoms with Gasteiger partial charge in [0.1, 0.15) is 23.1 Å². The molecule has 1 aromatic carbocycles. The van der Waals surface area contributed by atoms with Crippen molar-refractivity contribution < 1.29 is 4.74 Å². The van der Waals surface area contributed by atoms with Crippen LogP contribution < -0.4 is 10.5 Å². The molecule has 0 bridgehead atoms. The minimum absolute atomic E-state index is 0.352. The summed E-state index contributed by atoms with van der Waals surface area (Å²) in [5, 5.41) is 4.49. The summed E-state index contributed by atoms with van der Waals surface area (Å²) in [6.45, 7) is 2.34. The van der Waals surface area contributed by atoms with Crippen molar-refractivity contribution in [1.29, 1.82) is 0 Å². The Labute approximate surface area is 106 Å². The maximum atomic E-state index is 5.67. The molecule has 2 aromatic rings. The zero-order valence-corrected chi connectivity index (χ0v) is 11.0. The third-order valence-corrected chi connectivity index (χ3v) is 3.18. The van der Waals surface area contributed by atoms with Gasteiger partial charge in [0.2, 0.25) is 0 Å². The molecule has 2 N–H and O–H groups in total. The second-order valence-electron chi connectivity index (χ2n) is 3.28. The number of halogens is 1. The van der Waals surface area contributed by atoms with Crippen LogP contribution in [0.15, 0.2) is 22.7 Å². The summed E-state index contributed by atoms with van der Waals surface area (Å²) in [6.07, 6.45) is 0. The highest BCUT2D eigenvalue weighted by molar-refractivity contribution is 9.10. The standard InChI is InChI=1S/C10H10BrN3OS/c1-6-4-7(11)2-3-9(6)15-5-8-10(12)16-14-13-8/h2-4H,5,12H2,1H3. The van der Waals surface area contributed by atoms with Gasteiger partial charge in [-0.3, -0.25) is 0 Å². The lowest BCUT2D eigenvalue weighted by molar-refractivity contribution is 0.299. The van der Waals surface area contributed by atoms with Crippen molar-refractivity contribution in [3.05, 3.63) is 33.9 Å². The van der Waals surface area contributed by atoms with Crippen LogP contribution in [0, 0.1) is 6.92 Å². The minimum Gasteiger partial charge on any atom is -0.487 e. The Morgan fingerprint density at radius 2 is 2.31 bits per heavy atom. The van der Waals surface area contributed by atoms with E-state index in [-0.39, 0.29) is 0 Å². The second kappa shape index (κ2) is 4.80. The van der Waals surface area contributed by atoms with E-state index in [1.54, 1.807) is 0 Å². The molecule has 0 amide bonds. The van der Waals surface area contributed by atoms with E-state index < -0.39 is 0 Å². The molecule has 0 unspecified atom stereocenters. The van der Waals surface area contributed by atoms with Crippen molar-refractivity contribution in [2.24, 2.45) is 0 Å². The molecule has 84 valence electrons. The number of aromatic nitrogens is 2. The van der Waals surface area contributed by atoms with Crippen molar-refractivity contribution in [2.75, 3.05) is 5.73 Å². The smallest absolute Gasteiger partial charge is 0.136 e. The number of nitrogens with two attached hydrogens (primary N) is 1. The van der Waals surface area contributed by atoms with Crippen LogP contribution in [0.1, 0.15) is 11.3 Å². The molecule has 6 heteroatoms. The lowest BCUT2D eigenvalue weighted by Gasteiger charge is -2.07. The molecule has 0 aliphatic heterocycles. The average Bonchev–Trinajstić information content (AvgIpc) is 2.63. The van der Waals surface area contributed by atoms with Gasteiger partial charge < -0.3 is 10.5 Å². The highest BCUT2D eigenvalue weighted by Crippen LogP contribution is 2.23. The van der Waals surface area contributed by atoms with Crippen molar-refractivity contribution in [3.63, 3.8) is 0 Å². The molecule has 0 fully saturated rings. The zero-order valence-electron chi connectivity index (χ0n) is 8.61. The molecular formula is C10H10BrN3OS. The molecule has 0 aliphatic carbocycles. The first-order valence-electron chi connectivity index (χ1n) is 4.62. The highest BCUT2D eigenvalue weighted by atomic mass is 79.9. The van der Waals surface area contributed by atoms with Gasteiger partial charge in [-0.15, -0.1) is 5.10 Å². The third kappa shape index (κ3) is 2.51. The first kappa shape index (κ1) is 11.3. The van der Waals surface area contributed by atoms with Crippen LogP contribution in [0.2, 0.25) is 0 Å². The lowest BCUT2D eigenvalue weighted by Crippen LogP contribution is -2.00. The monoisotopic (exact) mass is 299 g/mol. The van der Waals surface area contributed by atoms with Crippen LogP contribution in [0.4, 0.5) is 5.00 Å². The Kier molecular flexibility index (Phi) is 3.40. The van der Waals surface area contributed by atoms with Crippen LogP contribution in [0.5, 0.6) is 5.75 Å². The number of anilines is 1. The van der Waals surface area contributed by atoms with Crippen molar-refractivity contribution in [1.82, 2.24) is 9.59 Å². The van der Waals surface area contributed by atoms with Gasteiger partial charge >= 0.3 is 0 Å². The van der Waals surface area contributed by atoms with Crippen LogP contribution >= 0.6 is 27.5 Å². The first-order valence-corrected chi connectivity index (χ1v) is 6.19. The molecule has 0 spiro atoms. The van der Waals surface area contributed by atoms with Gasteiger partial charge in [-0.2, -0.15) is 0 Å². The Balaban J connectivity index is 2.08. The van der Waals surface area contributed by atoms with E-state index in [0.717, 1.165) is 15.8 Å². The Morgan fingerprint density at radius 1 is 1.50 bits per heavy atom. The van der Waals surface area contributed by atoms with E-state index in [2.05, 4.69) is 25.5 Å². The SMILES string of the molecule is Cc1cc(Br)ccc1OCc1nnsc1N. The molecule has 0 atom stereocenters. The van der Waals surface area contributed by atoms with Crippen molar-refractivity contribution >= 4 is 32.5 Å². The molecule has 0 radical (unpaired) electrons. The Morgan fingerprint density at radius 3 is 2.94 bits per heavy atom.